The zero-order valence-corrected chi connectivity index (χ0v) is 16.3. The zero-order chi connectivity index (χ0) is 18.4. The van der Waals surface area contributed by atoms with Gasteiger partial charge in [-0.05, 0) is 53.2 Å². The summed E-state index contributed by atoms with van der Waals surface area (Å²) in [5.74, 6) is -1.93. The van der Waals surface area contributed by atoms with Gasteiger partial charge in [0, 0.05) is 14.5 Å². The predicted octanol–water partition coefficient (Wildman–Crippen LogP) is 3.64. The third-order valence-electron chi connectivity index (χ3n) is 3.29. The minimum absolute atomic E-state index is 0.0286. The van der Waals surface area contributed by atoms with E-state index in [-0.39, 0.29) is 5.75 Å². The second kappa shape index (κ2) is 8.77. The van der Waals surface area contributed by atoms with E-state index in [0.29, 0.717) is 11.3 Å². The molecule has 0 saturated heterocycles. The van der Waals surface area contributed by atoms with E-state index in [2.05, 4.69) is 47.7 Å². The number of carbonyl (C=O) groups excluding carboxylic acids is 2. The third kappa shape index (κ3) is 5.40. The Morgan fingerprint density at radius 1 is 1.16 bits per heavy atom. The van der Waals surface area contributed by atoms with Crippen LogP contribution in [0.1, 0.15) is 12.5 Å². The maximum atomic E-state index is 12.1. The average Bonchev–Trinajstić information content (AvgIpc) is 2.59. The zero-order valence-electron chi connectivity index (χ0n) is 13.2. The monoisotopic (exact) mass is 467 g/mol. The molecule has 8 heteroatoms. The van der Waals surface area contributed by atoms with Crippen LogP contribution >= 0.6 is 31.9 Å². The molecule has 25 heavy (non-hydrogen) atoms. The molecule has 0 spiro atoms. The van der Waals surface area contributed by atoms with Crippen molar-refractivity contribution in [1.29, 1.82) is 0 Å². The minimum atomic E-state index is -0.944. The van der Waals surface area contributed by atoms with E-state index in [1.807, 2.05) is 6.07 Å². The molecule has 0 saturated carbocycles. The molecule has 2 aromatic carbocycles. The van der Waals surface area contributed by atoms with E-state index >= 15 is 0 Å². The normalized spacial score (nSPS) is 12.0. The van der Waals surface area contributed by atoms with Gasteiger partial charge in [-0.1, -0.05) is 28.1 Å². The summed E-state index contributed by atoms with van der Waals surface area (Å²) in [5.41, 5.74) is 3.30. The van der Waals surface area contributed by atoms with Crippen LogP contribution in [0.5, 0.6) is 5.75 Å². The summed E-state index contributed by atoms with van der Waals surface area (Å²) in [6.07, 6.45) is 1.30. The van der Waals surface area contributed by atoms with Crippen LogP contribution in [0, 0.1) is 5.92 Å². The number of rotatable bonds is 5. The number of hydrazone groups is 1. The molecule has 2 aromatic rings. The van der Waals surface area contributed by atoms with Gasteiger partial charge in [-0.15, -0.1) is 0 Å². The third-order valence-corrected chi connectivity index (χ3v) is 4.47. The summed E-state index contributed by atoms with van der Waals surface area (Å²) in [5, 5.41) is 16.1. The van der Waals surface area contributed by atoms with E-state index in [1.54, 1.807) is 30.3 Å². The van der Waals surface area contributed by atoms with Gasteiger partial charge in [-0.25, -0.2) is 5.43 Å². The lowest BCUT2D eigenvalue weighted by atomic mass is 10.1. The number of hydrogen-bond acceptors (Lipinski definition) is 4. The van der Waals surface area contributed by atoms with Crippen molar-refractivity contribution in [2.75, 3.05) is 5.32 Å². The molecule has 1 atom stereocenters. The number of nitrogens with one attached hydrogen (secondary N) is 2. The second-order valence-electron chi connectivity index (χ2n) is 5.13. The Hall–Kier alpha value is -2.19. The largest absolute Gasteiger partial charge is 0.507 e. The summed E-state index contributed by atoms with van der Waals surface area (Å²) in [7, 11) is 0. The molecular formula is C17H15Br2N3O3. The maximum Gasteiger partial charge on any atom is 0.252 e. The van der Waals surface area contributed by atoms with E-state index < -0.39 is 17.7 Å². The molecule has 0 heterocycles. The van der Waals surface area contributed by atoms with Crippen LogP contribution in [-0.4, -0.2) is 23.1 Å². The van der Waals surface area contributed by atoms with Gasteiger partial charge in [-0.3, -0.25) is 9.59 Å². The van der Waals surface area contributed by atoms with Gasteiger partial charge in [0.1, 0.15) is 11.7 Å². The summed E-state index contributed by atoms with van der Waals surface area (Å²) in [6, 6.07) is 11.9. The topological polar surface area (TPSA) is 90.8 Å². The molecule has 1 unspecified atom stereocenters. The highest BCUT2D eigenvalue weighted by Gasteiger charge is 2.21. The van der Waals surface area contributed by atoms with Gasteiger partial charge >= 0.3 is 0 Å². The van der Waals surface area contributed by atoms with Crippen molar-refractivity contribution >= 4 is 55.6 Å². The molecule has 3 N–H and O–H groups in total. The van der Waals surface area contributed by atoms with Gasteiger partial charge in [0.05, 0.1) is 11.9 Å². The summed E-state index contributed by atoms with van der Waals surface area (Å²) in [4.78, 5) is 24.2. The molecule has 0 bridgehead atoms. The molecular weight excluding hydrogens is 454 g/mol. The van der Waals surface area contributed by atoms with Crippen LogP contribution in [0.25, 0.3) is 0 Å². The molecule has 0 aliphatic carbocycles. The highest BCUT2D eigenvalue weighted by molar-refractivity contribution is 9.10. The molecule has 0 radical (unpaired) electrons. The first-order valence-corrected chi connectivity index (χ1v) is 8.84. The van der Waals surface area contributed by atoms with Crippen LogP contribution in [-0.2, 0) is 9.59 Å². The molecule has 2 amide bonds. The van der Waals surface area contributed by atoms with Crippen molar-refractivity contribution in [2.45, 2.75) is 6.92 Å². The number of benzene rings is 2. The number of anilines is 1. The van der Waals surface area contributed by atoms with Crippen molar-refractivity contribution < 1.29 is 14.7 Å². The Labute approximate surface area is 161 Å². The Morgan fingerprint density at radius 2 is 1.88 bits per heavy atom. The molecule has 6 nitrogen and oxygen atoms in total. The fraction of sp³-hybridized carbons (Fsp3) is 0.118. The number of amides is 2. The number of phenols is 1. The van der Waals surface area contributed by atoms with Crippen LogP contribution in [0.3, 0.4) is 0 Å². The second-order valence-corrected chi connectivity index (χ2v) is 6.90. The predicted molar refractivity (Wildman–Crippen MR) is 103 cm³/mol. The lowest BCUT2D eigenvalue weighted by Gasteiger charge is -2.11. The minimum Gasteiger partial charge on any atom is -0.507 e. The van der Waals surface area contributed by atoms with Gasteiger partial charge in [-0.2, -0.15) is 5.10 Å². The number of carbonyl (C=O) groups is 2. The standard InChI is InChI=1S/C17H15Br2N3O3/c1-10(16(24)21-14-5-3-2-4-13(14)19)17(25)22-20-9-11-8-12(18)6-7-15(11)23/h2-10,23H,1H3,(H,21,24)(H,22,25)/b20-9+. The van der Waals surface area contributed by atoms with Gasteiger partial charge < -0.3 is 10.4 Å². The maximum absolute atomic E-state index is 12.1. The number of para-hydroxylation sites is 1. The van der Waals surface area contributed by atoms with Crippen LogP contribution < -0.4 is 10.7 Å². The number of hydrogen-bond donors (Lipinski definition) is 3. The highest BCUT2D eigenvalue weighted by atomic mass is 79.9. The van der Waals surface area contributed by atoms with Crippen molar-refractivity contribution in [3.8, 4) is 5.75 Å². The summed E-state index contributed by atoms with van der Waals surface area (Å²) in [6.45, 7) is 1.48. The quantitative estimate of drug-likeness (QED) is 0.355. The molecule has 2 rings (SSSR count). The fourth-order valence-corrected chi connectivity index (χ4v) is 2.58. The molecule has 0 aromatic heterocycles. The van der Waals surface area contributed by atoms with Crippen molar-refractivity contribution in [2.24, 2.45) is 11.0 Å². The smallest absolute Gasteiger partial charge is 0.252 e. The van der Waals surface area contributed by atoms with Crippen molar-refractivity contribution in [1.82, 2.24) is 5.43 Å². The highest BCUT2D eigenvalue weighted by Crippen LogP contribution is 2.22. The lowest BCUT2D eigenvalue weighted by molar-refractivity contribution is -0.131. The average molecular weight is 469 g/mol. The van der Waals surface area contributed by atoms with Crippen LogP contribution in [0.15, 0.2) is 56.5 Å². The van der Waals surface area contributed by atoms with E-state index in [0.717, 1.165) is 8.95 Å². The molecule has 0 fully saturated rings. The Balaban J connectivity index is 1.95. The van der Waals surface area contributed by atoms with Gasteiger partial charge in [0.25, 0.3) is 5.91 Å². The fourth-order valence-electron chi connectivity index (χ4n) is 1.81. The van der Waals surface area contributed by atoms with Gasteiger partial charge in [0.15, 0.2) is 0 Å². The number of phenolic OH excluding ortho intramolecular Hbond substituents is 1. The first kappa shape index (κ1) is 19.1. The molecule has 0 aliphatic heterocycles. The van der Waals surface area contributed by atoms with Gasteiger partial charge in [0.2, 0.25) is 5.91 Å². The van der Waals surface area contributed by atoms with E-state index in [4.69, 9.17) is 0 Å². The van der Waals surface area contributed by atoms with Crippen LogP contribution in [0.4, 0.5) is 5.69 Å². The molecule has 130 valence electrons. The number of halogens is 2. The number of aromatic hydroxyl groups is 1. The summed E-state index contributed by atoms with van der Waals surface area (Å²) < 4.78 is 1.48. The SMILES string of the molecule is CC(C(=O)N/N=C/c1cc(Br)ccc1O)C(=O)Nc1ccccc1Br. The first-order chi connectivity index (χ1) is 11.9. The summed E-state index contributed by atoms with van der Waals surface area (Å²) >= 11 is 6.60. The van der Waals surface area contributed by atoms with Crippen LogP contribution in [0.2, 0.25) is 0 Å². The Morgan fingerprint density at radius 3 is 2.60 bits per heavy atom. The number of nitrogens with zero attached hydrogens (tertiary/aromatic N) is 1. The van der Waals surface area contributed by atoms with E-state index in [1.165, 1.54) is 19.2 Å². The van der Waals surface area contributed by atoms with Crippen molar-refractivity contribution in [3.63, 3.8) is 0 Å². The van der Waals surface area contributed by atoms with E-state index in [9.17, 15) is 14.7 Å². The van der Waals surface area contributed by atoms with Crippen molar-refractivity contribution in [3.05, 3.63) is 57.0 Å². The molecule has 0 aliphatic rings. The first-order valence-electron chi connectivity index (χ1n) is 7.25. The lowest BCUT2D eigenvalue weighted by Crippen LogP contribution is -2.34. The Bertz CT molecular complexity index is 825. The Kier molecular flexibility index (Phi) is 6.72.